The van der Waals surface area contributed by atoms with Gasteiger partial charge < -0.3 is 14.8 Å². The summed E-state index contributed by atoms with van der Waals surface area (Å²) in [5, 5.41) is 3.68. The van der Waals surface area contributed by atoms with Gasteiger partial charge >= 0.3 is 0 Å². The van der Waals surface area contributed by atoms with Gasteiger partial charge in [-0.2, -0.15) is 0 Å². The van der Waals surface area contributed by atoms with Crippen LogP contribution in [-0.2, 0) is 13.5 Å². The molecule has 4 heteroatoms. The van der Waals surface area contributed by atoms with E-state index in [2.05, 4.69) is 26.8 Å². The van der Waals surface area contributed by atoms with E-state index in [0.29, 0.717) is 0 Å². The summed E-state index contributed by atoms with van der Waals surface area (Å²) < 4.78 is 2.14. The zero-order chi connectivity index (χ0) is 13.1. The Balaban J connectivity index is 1.49. The molecule has 2 unspecified atom stereocenters. The molecule has 2 atom stereocenters. The van der Waals surface area contributed by atoms with Gasteiger partial charge in [0, 0.05) is 45.0 Å². The van der Waals surface area contributed by atoms with E-state index in [-0.39, 0.29) is 0 Å². The van der Waals surface area contributed by atoms with Crippen LogP contribution in [0.5, 0.6) is 0 Å². The Morgan fingerprint density at radius 2 is 2.32 bits per heavy atom. The molecule has 3 rings (SSSR count). The number of aromatic nitrogens is 2. The Kier molecular flexibility index (Phi) is 4.18. The number of aryl methyl sites for hydroxylation is 1. The van der Waals surface area contributed by atoms with Gasteiger partial charge in [-0.1, -0.05) is 0 Å². The predicted molar refractivity (Wildman–Crippen MR) is 77.1 cm³/mol. The van der Waals surface area contributed by atoms with E-state index >= 15 is 0 Å². The summed E-state index contributed by atoms with van der Waals surface area (Å²) in [5.74, 6) is 2.08. The highest BCUT2D eigenvalue weighted by Crippen LogP contribution is 2.24. The molecule has 0 spiro atoms. The third-order valence-electron chi connectivity index (χ3n) is 4.78. The molecule has 0 aromatic carbocycles. The lowest BCUT2D eigenvalue weighted by Gasteiger charge is -2.35. The summed E-state index contributed by atoms with van der Waals surface area (Å²) in [5.41, 5.74) is 0. The molecule has 0 saturated carbocycles. The normalized spacial score (nSPS) is 28.9. The number of hydrogen-bond donors (Lipinski definition) is 1. The minimum absolute atomic E-state index is 0.788. The van der Waals surface area contributed by atoms with Gasteiger partial charge in [-0.25, -0.2) is 4.98 Å². The maximum Gasteiger partial charge on any atom is 0.109 e. The molecule has 2 aliphatic rings. The Morgan fingerprint density at radius 3 is 3.05 bits per heavy atom. The van der Waals surface area contributed by atoms with Gasteiger partial charge in [0.15, 0.2) is 0 Å². The van der Waals surface area contributed by atoms with Crippen molar-refractivity contribution in [2.45, 2.75) is 38.1 Å². The Hall–Kier alpha value is -0.870. The molecule has 0 amide bonds. The van der Waals surface area contributed by atoms with Crippen LogP contribution in [0.3, 0.4) is 0 Å². The maximum atomic E-state index is 4.42. The van der Waals surface area contributed by atoms with Crippen molar-refractivity contribution < 1.29 is 0 Å². The van der Waals surface area contributed by atoms with Gasteiger partial charge in [0.25, 0.3) is 0 Å². The summed E-state index contributed by atoms with van der Waals surface area (Å²) in [6.45, 7) is 4.94. The van der Waals surface area contributed by atoms with Crippen LogP contribution >= 0.6 is 0 Å². The number of likely N-dealkylation sites (tertiary alicyclic amines) is 1. The zero-order valence-corrected chi connectivity index (χ0v) is 12.0. The molecule has 106 valence electrons. The van der Waals surface area contributed by atoms with E-state index in [1.165, 1.54) is 51.1 Å². The molecule has 0 bridgehead atoms. The molecule has 1 aromatic heterocycles. The SMILES string of the molecule is Cn1ccnc1CCN1CCCC(C2CCCN2)C1. The summed E-state index contributed by atoms with van der Waals surface area (Å²) in [6, 6.07) is 0.788. The monoisotopic (exact) mass is 262 g/mol. The molecule has 3 heterocycles. The number of hydrogen-bond acceptors (Lipinski definition) is 3. The van der Waals surface area contributed by atoms with E-state index in [4.69, 9.17) is 0 Å². The van der Waals surface area contributed by atoms with Crippen molar-refractivity contribution in [1.82, 2.24) is 19.8 Å². The molecular formula is C15H26N4. The summed E-state index contributed by atoms with van der Waals surface area (Å²) >= 11 is 0. The predicted octanol–water partition coefficient (Wildman–Crippen LogP) is 1.43. The van der Waals surface area contributed by atoms with Crippen molar-refractivity contribution in [3.63, 3.8) is 0 Å². The fourth-order valence-corrected chi connectivity index (χ4v) is 3.63. The van der Waals surface area contributed by atoms with Crippen molar-refractivity contribution in [2.75, 3.05) is 26.2 Å². The van der Waals surface area contributed by atoms with Crippen molar-refractivity contribution in [3.05, 3.63) is 18.2 Å². The maximum absolute atomic E-state index is 4.42. The summed E-state index contributed by atoms with van der Waals surface area (Å²) in [4.78, 5) is 7.06. The van der Waals surface area contributed by atoms with Crippen LogP contribution in [-0.4, -0.2) is 46.7 Å². The van der Waals surface area contributed by atoms with Crippen LogP contribution in [0, 0.1) is 5.92 Å². The number of rotatable bonds is 4. The van der Waals surface area contributed by atoms with Crippen molar-refractivity contribution in [3.8, 4) is 0 Å². The second kappa shape index (κ2) is 6.06. The van der Waals surface area contributed by atoms with Crippen molar-refractivity contribution in [2.24, 2.45) is 13.0 Å². The van der Waals surface area contributed by atoms with Crippen LogP contribution in [0.1, 0.15) is 31.5 Å². The van der Waals surface area contributed by atoms with Gasteiger partial charge in [0.05, 0.1) is 0 Å². The largest absolute Gasteiger partial charge is 0.338 e. The molecule has 2 aliphatic heterocycles. The molecule has 19 heavy (non-hydrogen) atoms. The molecule has 4 nitrogen and oxygen atoms in total. The van der Waals surface area contributed by atoms with Crippen molar-refractivity contribution >= 4 is 0 Å². The molecule has 1 aromatic rings. The third kappa shape index (κ3) is 3.18. The Morgan fingerprint density at radius 1 is 1.37 bits per heavy atom. The van der Waals surface area contributed by atoms with E-state index in [1.807, 2.05) is 12.4 Å². The van der Waals surface area contributed by atoms with E-state index in [1.54, 1.807) is 0 Å². The number of imidazole rings is 1. The minimum atomic E-state index is 0.788. The third-order valence-corrected chi connectivity index (χ3v) is 4.78. The highest BCUT2D eigenvalue weighted by molar-refractivity contribution is 4.93. The Bertz CT molecular complexity index is 395. The standard InChI is InChI=1S/C15H26N4/c1-18-11-8-17-15(18)6-10-19-9-3-4-13(12-19)14-5-2-7-16-14/h8,11,13-14,16H,2-7,9-10,12H2,1H3. The van der Waals surface area contributed by atoms with Gasteiger partial charge in [0.2, 0.25) is 0 Å². The topological polar surface area (TPSA) is 33.1 Å². The van der Waals surface area contributed by atoms with Crippen LogP contribution in [0.4, 0.5) is 0 Å². The first-order valence-corrected chi connectivity index (χ1v) is 7.75. The first-order chi connectivity index (χ1) is 9.33. The number of piperidine rings is 1. The molecule has 1 N–H and O–H groups in total. The van der Waals surface area contributed by atoms with Crippen LogP contribution in [0.2, 0.25) is 0 Å². The fraction of sp³-hybridized carbons (Fsp3) is 0.800. The Labute approximate surface area is 116 Å². The average Bonchev–Trinajstić information content (AvgIpc) is 3.08. The smallest absolute Gasteiger partial charge is 0.109 e. The van der Waals surface area contributed by atoms with Crippen molar-refractivity contribution in [1.29, 1.82) is 0 Å². The lowest BCUT2D eigenvalue weighted by Crippen LogP contribution is -2.44. The highest BCUT2D eigenvalue weighted by atomic mass is 15.1. The van der Waals surface area contributed by atoms with Gasteiger partial charge in [-0.3, -0.25) is 0 Å². The fourth-order valence-electron chi connectivity index (χ4n) is 3.63. The molecular weight excluding hydrogens is 236 g/mol. The van der Waals surface area contributed by atoms with Crippen LogP contribution in [0.25, 0.3) is 0 Å². The van der Waals surface area contributed by atoms with Gasteiger partial charge in [-0.05, 0) is 44.7 Å². The first-order valence-electron chi connectivity index (χ1n) is 7.75. The number of nitrogens with zero attached hydrogens (tertiary/aromatic N) is 3. The molecule has 2 saturated heterocycles. The van der Waals surface area contributed by atoms with Crippen LogP contribution < -0.4 is 5.32 Å². The quantitative estimate of drug-likeness (QED) is 0.891. The zero-order valence-electron chi connectivity index (χ0n) is 12.0. The van der Waals surface area contributed by atoms with E-state index in [9.17, 15) is 0 Å². The summed E-state index contributed by atoms with van der Waals surface area (Å²) in [6.07, 6.45) is 10.5. The lowest BCUT2D eigenvalue weighted by molar-refractivity contribution is 0.152. The van der Waals surface area contributed by atoms with Crippen LogP contribution in [0.15, 0.2) is 12.4 Å². The first kappa shape index (κ1) is 13.1. The van der Waals surface area contributed by atoms with Gasteiger partial charge in [-0.15, -0.1) is 0 Å². The second-order valence-electron chi connectivity index (χ2n) is 6.11. The lowest BCUT2D eigenvalue weighted by atomic mass is 9.90. The summed E-state index contributed by atoms with van der Waals surface area (Å²) in [7, 11) is 2.09. The number of nitrogens with one attached hydrogen (secondary N) is 1. The highest BCUT2D eigenvalue weighted by Gasteiger charge is 2.28. The molecule has 0 aliphatic carbocycles. The minimum Gasteiger partial charge on any atom is -0.338 e. The van der Waals surface area contributed by atoms with E-state index < -0.39 is 0 Å². The second-order valence-corrected chi connectivity index (χ2v) is 6.11. The molecule has 2 fully saturated rings. The van der Waals surface area contributed by atoms with E-state index in [0.717, 1.165) is 24.9 Å². The average molecular weight is 262 g/mol. The van der Waals surface area contributed by atoms with Gasteiger partial charge in [0.1, 0.15) is 5.82 Å². The molecule has 0 radical (unpaired) electrons.